The van der Waals surface area contributed by atoms with Crippen LogP contribution in [0.5, 0.6) is 5.88 Å². The lowest BCUT2D eigenvalue weighted by Gasteiger charge is -2.24. The Bertz CT molecular complexity index is 471. The molecule has 21 heavy (non-hydrogen) atoms. The summed E-state index contributed by atoms with van der Waals surface area (Å²) < 4.78 is 40.1. The predicted octanol–water partition coefficient (Wildman–Crippen LogP) is 4.53. The first-order valence-corrected chi connectivity index (χ1v) is 9.51. The summed E-state index contributed by atoms with van der Waals surface area (Å²) in [5.74, 6) is 1.81. The van der Waals surface area contributed by atoms with Crippen LogP contribution in [0.2, 0.25) is 0 Å². The Labute approximate surface area is 134 Å². The van der Waals surface area contributed by atoms with E-state index in [2.05, 4.69) is 22.1 Å². The Morgan fingerprint density at radius 1 is 1.33 bits per heavy atom. The van der Waals surface area contributed by atoms with Crippen molar-refractivity contribution in [2.75, 3.05) is 17.8 Å². The molecule has 0 bridgehead atoms. The molecule has 1 aliphatic rings. The highest BCUT2D eigenvalue weighted by Crippen LogP contribution is 2.35. The number of alkyl halides is 3. The minimum atomic E-state index is -4.70. The summed E-state index contributed by atoms with van der Waals surface area (Å²) in [5.41, 5.74) is 0.762. The summed E-state index contributed by atoms with van der Waals surface area (Å²) in [6.45, 7) is 0. The van der Waals surface area contributed by atoms with Gasteiger partial charge in [0.15, 0.2) is 0 Å². The molecule has 0 saturated carbocycles. The Morgan fingerprint density at radius 2 is 2.05 bits per heavy atom. The molecule has 1 aromatic heterocycles. The van der Waals surface area contributed by atoms with Gasteiger partial charge >= 0.3 is 6.36 Å². The number of ether oxygens (including phenoxy) is 1. The third-order valence-corrected chi connectivity index (χ3v) is 7.05. The predicted molar refractivity (Wildman–Crippen MR) is 86.0 cm³/mol. The van der Waals surface area contributed by atoms with Gasteiger partial charge < -0.3 is 4.74 Å². The largest absolute Gasteiger partial charge is 0.574 e. The van der Waals surface area contributed by atoms with Gasteiger partial charge in [0.05, 0.1) is 4.58 Å². The molecular formula is C13H14F3NOS3. The van der Waals surface area contributed by atoms with Gasteiger partial charge in [0, 0.05) is 29.0 Å². The summed E-state index contributed by atoms with van der Waals surface area (Å²) >= 11 is 5.66. The van der Waals surface area contributed by atoms with Crippen molar-refractivity contribution in [1.82, 2.24) is 4.98 Å². The Kier molecular flexibility index (Phi) is 6.19. The number of hydrogen-bond donors (Lipinski definition) is 0. The van der Waals surface area contributed by atoms with E-state index >= 15 is 0 Å². The Morgan fingerprint density at radius 3 is 2.57 bits per heavy atom. The molecule has 0 aliphatic carbocycles. The van der Waals surface area contributed by atoms with Crippen LogP contribution in [0.3, 0.4) is 0 Å². The highest BCUT2D eigenvalue weighted by molar-refractivity contribution is 8.19. The Hall–Kier alpha value is -0.470. The monoisotopic (exact) mass is 353 g/mol. The number of rotatable bonds is 4. The quantitative estimate of drug-likeness (QED) is 0.791. The van der Waals surface area contributed by atoms with Gasteiger partial charge in [0.1, 0.15) is 0 Å². The maximum atomic E-state index is 12.0. The molecule has 1 aliphatic heterocycles. The zero-order valence-corrected chi connectivity index (χ0v) is 13.6. The lowest BCUT2D eigenvalue weighted by atomic mass is 10.2. The van der Waals surface area contributed by atoms with Gasteiger partial charge in [-0.3, -0.25) is 0 Å². The zero-order valence-electron chi connectivity index (χ0n) is 11.2. The van der Waals surface area contributed by atoms with E-state index in [9.17, 15) is 13.2 Å². The summed E-state index contributed by atoms with van der Waals surface area (Å²) in [7, 11) is 0. The van der Waals surface area contributed by atoms with Crippen LogP contribution in [-0.2, 0) is 0 Å². The molecule has 1 fully saturated rings. The van der Waals surface area contributed by atoms with E-state index in [-0.39, 0.29) is 0 Å². The van der Waals surface area contributed by atoms with Crippen molar-refractivity contribution in [2.45, 2.75) is 16.2 Å². The van der Waals surface area contributed by atoms with Crippen molar-refractivity contribution in [3.63, 3.8) is 0 Å². The molecule has 1 aromatic rings. The molecule has 0 amide bonds. The molecule has 0 unspecified atom stereocenters. The van der Waals surface area contributed by atoms with Crippen LogP contribution in [-0.4, -0.2) is 38.9 Å². The molecular weight excluding hydrogens is 339 g/mol. The average molecular weight is 353 g/mol. The molecule has 0 aromatic carbocycles. The van der Waals surface area contributed by atoms with Crippen LogP contribution in [0.25, 0.3) is 6.08 Å². The molecule has 2 nitrogen and oxygen atoms in total. The smallest absolute Gasteiger partial charge is 0.388 e. The second-order valence-corrected chi connectivity index (χ2v) is 8.01. The third kappa shape index (κ3) is 6.04. The Balaban J connectivity index is 1.87. The lowest BCUT2D eigenvalue weighted by Crippen LogP contribution is -2.18. The average Bonchev–Trinajstić information content (AvgIpc) is 2.45. The fourth-order valence-corrected chi connectivity index (χ4v) is 5.60. The van der Waals surface area contributed by atoms with Gasteiger partial charge in [0.2, 0.25) is 5.88 Å². The van der Waals surface area contributed by atoms with Crippen molar-refractivity contribution in [1.29, 1.82) is 0 Å². The molecule has 1 saturated heterocycles. The van der Waals surface area contributed by atoms with E-state index in [1.165, 1.54) is 12.3 Å². The van der Waals surface area contributed by atoms with E-state index in [1.54, 1.807) is 6.07 Å². The maximum absolute atomic E-state index is 12.0. The van der Waals surface area contributed by atoms with Crippen molar-refractivity contribution < 1.29 is 17.9 Å². The van der Waals surface area contributed by atoms with E-state index in [4.69, 9.17) is 0 Å². The fraction of sp³-hybridized carbons (Fsp3) is 0.462. The van der Waals surface area contributed by atoms with Gasteiger partial charge in [-0.1, -0.05) is 12.2 Å². The van der Waals surface area contributed by atoms with E-state index in [1.807, 2.05) is 41.4 Å². The fourth-order valence-electron chi connectivity index (χ4n) is 1.61. The van der Waals surface area contributed by atoms with Gasteiger partial charge in [-0.2, -0.15) is 11.8 Å². The van der Waals surface area contributed by atoms with Crippen LogP contribution in [0.4, 0.5) is 13.2 Å². The molecule has 2 rings (SSSR count). The molecule has 0 atom stereocenters. The molecule has 0 N–H and O–H groups in total. The van der Waals surface area contributed by atoms with E-state index < -0.39 is 12.2 Å². The van der Waals surface area contributed by atoms with Crippen molar-refractivity contribution in [3.8, 4) is 5.88 Å². The highest BCUT2D eigenvalue weighted by atomic mass is 32.2. The van der Waals surface area contributed by atoms with E-state index in [0.717, 1.165) is 17.1 Å². The topological polar surface area (TPSA) is 22.1 Å². The summed E-state index contributed by atoms with van der Waals surface area (Å²) in [6.07, 6.45) is 2.74. The highest BCUT2D eigenvalue weighted by Gasteiger charge is 2.31. The number of aromatic nitrogens is 1. The van der Waals surface area contributed by atoms with Crippen LogP contribution in [0.1, 0.15) is 5.56 Å². The first kappa shape index (κ1) is 16.9. The van der Waals surface area contributed by atoms with E-state index in [0.29, 0.717) is 9.83 Å². The molecule has 0 radical (unpaired) electrons. The summed E-state index contributed by atoms with van der Waals surface area (Å²) in [5, 5.41) is 0.699. The number of pyridine rings is 1. The lowest BCUT2D eigenvalue weighted by molar-refractivity contribution is -0.276. The SMILES string of the molecule is CSC1CSC(C=Cc2ccc(OC(F)(F)F)nc2)SC1. The van der Waals surface area contributed by atoms with Crippen molar-refractivity contribution >= 4 is 41.4 Å². The second kappa shape index (κ2) is 7.69. The van der Waals surface area contributed by atoms with Crippen LogP contribution < -0.4 is 4.74 Å². The van der Waals surface area contributed by atoms with Crippen LogP contribution in [0, 0.1) is 0 Å². The number of hydrogen-bond acceptors (Lipinski definition) is 5. The standard InChI is InChI=1S/C13H14F3NOS3/c1-19-10-7-20-12(21-8-10)5-3-9-2-4-11(17-6-9)18-13(14,15)16/h2-6,10,12H,7-8H2,1H3. The van der Waals surface area contributed by atoms with Crippen molar-refractivity contribution in [3.05, 3.63) is 30.0 Å². The first-order valence-electron chi connectivity index (χ1n) is 6.12. The minimum absolute atomic E-state index is 0.388. The second-order valence-electron chi connectivity index (χ2n) is 4.23. The normalized spacial score (nSPS) is 23.4. The minimum Gasteiger partial charge on any atom is -0.388 e. The molecule has 0 spiro atoms. The van der Waals surface area contributed by atoms with Crippen LogP contribution in [0.15, 0.2) is 24.4 Å². The van der Waals surface area contributed by atoms with Gasteiger partial charge in [0.25, 0.3) is 0 Å². The van der Waals surface area contributed by atoms with Crippen molar-refractivity contribution in [2.24, 2.45) is 0 Å². The number of nitrogens with zero attached hydrogens (tertiary/aromatic N) is 1. The maximum Gasteiger partial charge on any atom is 0.574 e. The third-order valence-electron chi connectivity index (χ3n) is 2.65. The van der Waals surface area contributed by atoms with Gasteiger partial charge in [-0.15, -0.1) is 36.7 Å². The summed E-state index contributed by atoms with van der Waals surface area (Å²) in [6, 6.07) is 2.78. The number of thioether (sulfide) groups is 3. The molecule has 8 heteroatoms. The zero-order chi connectivity index (χ0) is 15.3. The van der Waals surface area contributed by atoms with Crippen LogP contribution >= 0.6 is 35.3 Å². The molecule has 116 valence electrons. The van der Waals surface area contributed by atoms with Gasteiger partial charge in [-0.05, 0) is 17.9 Å². The first-order chi connectivity index (χ1) is 9.96. The molecule has 2 heterocycles. The number of halogens is 3. The summed E-state index contributed by atoms with van der Waals surface area (Å²) in [4.78, 5) is 3.64. The van der Waals surface area contributed by atoms with Gasteiger partial charge in [-0.25, -0.2) is 4.98 Å².